The van der Waals surface area contributed by atoms with Crippen molar-refractivity contribution in [3.8, 4) is 0 Å². The summed E-state index contributed by atoms with van der Waals surface area (Å²) < 4.78 is 0. The summed E-state index contributed by atoms with van der Waals surface area (Å²) in [5, 5.41) is 8.46. The summed E-state index contributed by atoms with van der Waals surface area (Å²) in [6.45, 7) is 3.45. The monoisotopic (exact) mass is 254 g/mol. The van der Waals surface area contributed by atoms with Gasteiger partial charge in [0.1, 0.15) is 0 Å². The molecular formula is C15H26O3. The Labute approximate surface area is 110 Å². The smallest absolute Gasteiger partial charge is 0.303 e. The van der Waals surface area contributed by atoms with E-state index in [1.165, 1.54) is 31.8 Å². The molecule has 0 bridgehead atoms. The minimum absolute atomic E-state index is 0.147. The molecule has 0 unspecified atom stereocenters. The van der Waals surface area contributed by atoms with Crippen molar-refractivity contribution in [3.63, 3.8) is 0 Å². The molecule has 0 heterocycles. The number of allylic oxidation sites excluding steroid dienone is 1. The number of aliphatic carboxylic acids is 1. The molecule has 0 spiro atoms. The van der Waals surface area contributed by atoms with Crippen molar-refractivity contribution in [2.75, 3.05) is 0 Å². The Morgan fingerprint density at radius 2 is 1.17 bits per heavy atom. The summed E-state index contributed by atoms with van der Waals surface area (Å²) in [6, 6.07) is 0. The van der Waals surface area contributed by atoms with Crippen molar-refractivity contribution in [1.29, 1.82) is 0 Å². The van der Waals surface area contributed by atoms with Crippen LogP contribution >= 0.6 is 0 Å². The highest BCUT2D eigenvalue weighted by molar-refractivity contribution is 5.88. The molecule has 0 aliphatic rings. The predicted molar refractivity (Wildman–Crippen MR) is 73.6 cm³/mol. The second kappa shape index (κ2) is 12.3. The van der Waals surface area contributed by atoms with Gasteiger partial charge in [0.2, 0.25) is 0 Å². The van der Waals surface area contributed by atoms with Crippen LogP contribution in [-0.4, -0.2) is 16.9 Å². The van der Waals surface area contributed by atoms with E-state index in [0.717, 1.165) is 32.1 Å². The lowest BCUT2D eigenvalue weighted by atomic mass is 10.0. The molecule has 0 aromatic carbocycles. The van der Waals surface area contributed by atoms with Gasteiger partial charge in [0, 0.05) is 12.8 Å². The first kappa shape index (κ1) is 16.9. The summed E-state index contributed by atoms with van der Waals surface area (Å²) in [5.41, 5.74) is 0. The van der Waals surface area contributed by atoms with E-state index in [2.05, 4.69) is 6.58 Å². The Morgan fingerprint density at radius 1 is 0.778 bits per heavy atom. The van der Waals surface area contributed by atoms with Gasteiger partial charge < -0.3 is 5.11 Å². The second-order valence-electron chi connectivity index (χ2n) is 4.75. The third-order valence-corrected chi connectivity index (χ3v) is 3.04. The molecule has 3 nitrogen and oxygen atoms in total. The molecule has 18 heavy (non-hydrogen) atoms. The topological polar surface area (TPSA) is 54.4 Å². The van der Waals surface area contributed by atoms with E-state index in [9.17, 15) is 9.59 Å². The fourth-order valence-corrected chi connectivity index (χ4v) is 1.91. The lowest BCUT2D eigenvalue weighted by molar-refractivity contribution is -0.137. The number of carboxylic acids is 1. The molecule has 0 aliphatic carbocycles. The number of carboxylic acid groups (broad SMARTS) is 1. The van der Waals surface area contributed by atoms with Crippen molar-refractivity contribution < 1.29 is 14.7 Å². The highest BCUT2D eigenvalue weighted by atomic mass is 16.4. The van der Waals surface area contributed by atoms with Gasteiger partial charge in [0.15, 0.2) is 5.78 Å². The van der Waals surface area contributed by atoms with Gasteiger partial charge in [0.25, 0.3) is 0 Å². The number of carbonyl (C=O) groups excluding carboxylic acids is 1. The molecule has 0 atom stereocenters. The van der Waals surface area contributed by atoms with Gasteiger partial charge in [-0.2, -0.15) is 0 Å². The molecule has 0 amide bonds. The van der Waals surface area contributed by atoms with Crippen LogP contribution in [0.1, 0.15) is 70.6 Å². The van der Waals surface area contributed by atoms with Gasteiger partial charge in [-0.3, -0.25) is 9.59 Å². The fraction of sp³-hybridized carbons (Fsp3) is 0.733. The zero-order valence-corrected chi connectivity index (χ0v) is 11.3. The minimum Gasteiger partial charge on any atom is -0.481 e. The molecule has 0 aliphatic heterocycles. The standard InChI is InChI=1S/C15H26O3/c1-2-14(16)12-10-8-6-4-3-5-7-9-11-13-15(17)18/h2H,1,3-13H2,(H,17,18). The maximum atomic E-state index is 10.9. The Bertz CT molecular complexity index is 246. The molecule has 0 rings (SSSR count). The van der Waals surface area contributed by atoms with Crippen molar-refractivity contribution in [1.82, 2.24) is 0 Å². The minimum atomic E-state index is -0.691. The van der Waals surface area contributed by atoms with E-state index < -0.39 is 5.97 Å². The fourth-order valence-electron chi connectivity index (χ4n) is 1.91. The largest absolute Gasteiger partial charge is 0.481 e. The molecule has 3 heteroatoms. The van der Waals surface area contributed by atoms with Crippen LogP contribution in [0.25, 0.3) is 0 Å². The summed E-state index contributed by atoms with van der Waals surface area (Å²) in [4.78, 5) is 21.2. The van der Waals surface area contributed by atoms with Crippen LogP contribution in [-0.2, 0) is 9.59 Å². The van der Waals surface area contributed by atoms with E-state index in [0.29, 0.717) is 12.8 Å². The van der Waals surface area contributed by atoms with Crippen molar-refractivity contribution in [2.45, 2.75) is 70.6 Å². The van der Waals surface area contributed by atoms with Crippen molar-refractivity contribution in [3.05, 3.63) is 12.7 Å². The number of ketones is 1. The molecule has 1 N–H and O–H groups in total. The third-order valence-electron chi connectivity index (χ3n) is 3.04. The van der Waals surface area contributed by atoms with Crippen molar-refractivity contribution >= 4 is 11.8 Å². The van der Waals surface area contributed by atoms with E-state index in [1.807, 2.05) is 0 Å². The van der Waals surface area contributed by atoms with Gasteiger partial charge in [-0.1, -0.05) is 51.5 Å². The third kappa shape index (κ3) is 12.9. The highest BCUT2D eigenvalue weighted by Crippen LogP contribution is 2.11. The Balaban J connectivity index is 3.05. The summed E-state index contributed by atoms with van der Waals surface area (Å²) in [6.07, 6.45) is 12.3. The molecule has 0 saturated carbocycles. The number of rotatable bonds is 13. The normalized spacial score (nSPS) is 10.2. The van der Waals surface area contributed by atoms with Crippen LogP contribution in [0, 0.1) is 0 Å². The van der Waals surface area contributed by atoms with Gasteiger partial charge in [-0.05, 0) is 18.9 Å². The van der Waals surface area contributed by atoms with Crippen LogP contribution in [0.5, 0.6) is 0 Å². The van der Waals surface area contributed by atoms with E-state index in [1.54, 1.807) is 0 Å². The SMILES string of the molecule is C=CC(=O)CCCCCCCCCCCC(=O)O. The molecule has 0 saturated heterocycles. The van der Waals surface area contributed by atoms with Crippen molar-refractivity contribution in [2.24, 2.45) is 0 Å². The van der Waals surface area contributed by atoms with E-state index in [-0.39, 0.29) is 5.78 Å². The Hall–Kier alpha value is -1.12. The van der Waals surface area contributed by atoms with Crippen LogP contribution in [0.3, 0.4) is 0 Å². The van der Waals surface area contributed by atoms with Gasteiger partial charge in [0.05, 0.1) is 0 Å². The summed E-state index contributed by atoms with van der Waals surface area (Å²) >= 11 is 0. The Kier molecular flexibility index (Phi) is 11.6. The van der Waals surface area contributed by atoms with Gasteiger partial charge >= 0.3 is 5.97 Å². The Morgan fingerprint density at radius 3 is 1.56 bits per heavy atom. The van der Waals surface area contributed by atoms with Gasteiger partial charge in [-0.15, -0.1) is 0 Å². The lowest BCUT2D eigenvalue weighted by Gasteiger charge is -2.01. The average Bonchev–Trinajstić information content (AvgIpc) is 2.35. The van der Waals surface area contributed by atoms with Crippen LogP contribution < -0.4 is 0 Å². The van der Waals surface area contributed by atoms with Crippen LogP contribution in [0.2, 0.25) is 0 Å². The van der Waals surface area contributed by atoms with Crippen LogP contribution in [0.4, 0.5) is 0 Å². The van der Waals surface area contributed by atoms with E-state index >= 15 is 0 Å². The maximum absolute atomic E-state index is 10.9. The zero-order chi connectivity index (χ0) is 13.6. The summed E-state index contributed by atoms with van der Waals surface area (Å²) in [7, 11) is 0. The molecule has 0 aromatic heterocycles. The first-order valence-corrected chi connectivity index (χ1v) is 7.04. The molecule has 104 valence electrons. The number of carbonyl (C=O) groups is 2. The van der Waals surface area contributed by atoms with Crippen LogP contribution in [0.15, 0.2) is 12.7 Å². The lowest BCUT2D eigenvalue weighted by Crippen LogP contribution is -1.93. The molecule has 0 aromatic rings. The summed E-state index contributed by atoms with van der Waals surface area (Å²) in [5.74, 6) is -0.544. The predicted octanol–water partition coefficient (Wildman–Crippen LogP) is 4.12. The molecule has 0 radical (unpaired) electrons. The first-order chi connectivity index (χ1) is 8.66. The number of hydrogen-bond acceptors (Lipinski definition) is 2. The number of unbranched alkanes of at least 4 members (excludes halogenated alkanes) is 8. The first-order valence-electron chi connectivity index (χ1n) is 7.04. The highest BCUT2D eigenvalue weighted by Gasteiger charge is 1.97. The number of hydrogen-bond donors (Lipinski definition) is 1. The average molecular weight is 254 g/mol. The maximum Gasteiger partial charge on any atom is 0.303 e. The second-order valence-corrected chi connectivity index (χ2v) is 4.75. The quantitative estimate of drug-likeness (QED) is 0.397. The molecular weight excluding hydrogens is 228 g/mol. The van der Waals surface area contributed by atoms with E-state index in [4.69, 9.17) is 5.11 Å². The van der Waals surface area contributed by atoms with Gasteiger partial charge in [-0.25, -0.2) is 0 Å². The zero-order valence-electron chi connectivity index (χ0n) is 11.3. The molecule has 0 fully saturated rings.